The maximum Gasteiger partial charge on any atom is 0.223 e. The summed E-state index contributed by atoms with van der Waals surface area (Å²) in [5.74, 6) is 0.382. The minimum Gasteiger partial charge on any atom is -0.356 e. The van der Waals surface area contributed by atoms with Crippen LogP contribution in [0, 0.1) is 12.8 Å². The fourth-order valence-electron chi connectivity index (χ4n) is 4.89. The van der Waals surface area contributed by atoms with Crippen LogP contribution in [-0.4, -0.2) is 67.2 Å². The van der Waals surface area contributed by atoms with Crippen molar-refractivity contribution in [2.75, 3.05) is 45.8 Å². The molecule has 0 aliphatic carbocycles. The van der Waals surface area contributed by atoms with Crippen LogP contribution >= 0.6 is 0 Å². The third kappa shape index (κ3) is 8.21. The van der Waals surface area contributed by atoms with E-state index in [9.17, 15) is 4.79 Å². The van der Waals surface area contributed by atoms with Gasteiger partial charge in [-0.05, 0) is 97.7 Å². The van der Waals surface area contributed by atoms with Crippen molar-refractivity contribution in [3.63, 3.8) is 0 Å². The minimum atomic E-state index is 0.140. The van der Waals surface area contributed by atoms with Crippen molar-refractivity contribution in [2.45, 2.75) is 59.3 Å². The zero-order valence-electron chi connectivity index (χ0n) is 21.6. The standard InChI is InChI=1S/C29H44N4O/c1-5-27(26-12-9-11-24(4)21-26)31-28(23(2)3)22-33-19-13-25(14-20-33)29(34)30-15-10-18-32-16-7-6-8-17-32/h5,9,11-12,21,25H,1,6-8,10,13-20,22H2,2-4H3,(H,30,34). The van der Waals surface area contributed by atoms with Gasteiger partial charge in [-0.2, -0.15) is 0 Å². The van der Waals surface area contributed by atoms with E-state index in [2.05, 4.69) is 66.7 Å². The number of benzene rings is 1. The second-order valence-electron chi connectivity index (χ2n) is 10.1. The van der Waals surface area contributed by atoms with E-state index in [-0.39, 0.29) is 11.8 Å². The van der Waals surface area contributed by atoms with Gasteiger partial charge in [0.15, 0.2) is 0 Å². The number of hydrogen-bond donors (Lipinski definition) is 1. The lowest BCUT2D eigenvalue weighted by Crippen LogP contribution is -2.41. The summed E-state index contributed by atoms with van der Waals surface area (Å²) < 4.78 is 0. The molecular weight excluding hydrogens is 420 g/mol. The second kappa shape index (κ2) is 13.6. The van der Waals surface area contributed by atoms with Crippen molar-refractivity contribution < 1.29 is 4.79 Å². The van der Waals surface area contributed by atoms with E-state index in [1.165, 1.54) is 43.5 Å². The molecule has 1 aromatic carbocycles. The lowest BCUT2D eigenvalue weighted by Gasteiger charge is -2.31. The van der Waals surface area contributed by atoms with E-state index in [0.717, 1.165) is 69.0 Å². The molecule has 5 heteroatoms. The summed E-state index contributed by atoms with van der Waals surface area (Å²) in [5.41, 5.74) is 5.55. The van der Waals surface area contributed by atoms with E-state index in [0.29, 0.717) is 0 Å². The molecule has 34 heavy (non-hydrogen) atoms. The first kappa shape index (κ1) is 26.4. The number of rotatable bonds is 10. The Balaban J connectivity index is 1.45. The third-order valence-electron chi connectivity index (χ3n) is 7.07. The first-order chi connectivity index (χ1) is 16.5. The van der Waals surface area contributed by atoms with Gasteiger partial charge in [0, 0.05) is 24.6 Å². The highest BCUT2D eigenvalue weighted by molar-refractivity contribution is 6.09. The number of nitrogens with zero attached hydrogens (tertiary/aromatic N) is 3. The van der Waals surface area contributed by atoms with Crippen LogP contribution in [0.25, 0.3) is 0 Å². The van der Waals surface area contributed by atoms with Crippen LogP contribution in [0.5, 0.6) is 0 Å². The normalized spacial score (nSPS) is 18.5. The monoisotopic (exact) mass is 464 g/mol. The Morgan fingerprint density at radius 3 is 2.50 bits per heavy atom. The van der Waals surface area contributed by atoms with Crippen molar-refractivity contribution >= 4 is 11.6 Å². The molecule has 1 amide bonds. The fraction of sp³-hybridized carbons (Fsp3) is 0.586. The second-order valence-corrected chi connectivity index (χ2v) is 10.1. The Hall–Kier alpha value is -2.24. The number of allylic oxidation sites excluding steroid dienone is 2. The van der Waals surface area contributed by atoms with Gasteiger partial charge in [-0.25, -0.2) is 0 Å². The van der Waals surface area contributed by atoms with Gasteiger partial charge in [-0.15, -0.1) is 0 Å². The van der Waals surface area contributed by atoms with Gasteiger partial charge in [0.2, 0.25) is 5.91 Å². The van der Waals surface area contributed by atoms with E-state index in [1.54, 1.807) is 0 Å². The van der Waals surface area contributed by atoms with Crippen LogP contribution in [0.4, 0.5) is 0 Å². The average Bonchev–Trinajstić information content (AvgIpc) is 2.85. The predicted molar refractivity (Wildman–Crippen MR) is 143 cm³/mol. The number of carbonyl (C=O) groups is 1. The topological polar surface area (TPSA) is 47.9 Å². The SMILES string of the molecule is C=CC(=NC(CN1CCC(C(=O)NCCCN2CCCCC2)CC1)=C(C)C)c1cccc(C)c1. The summed E-state index contributed by atoms with van der Waals surface area (Å²) in [6.45, 7) is 17.4. The van der Waals surface area contributed by atoms with Crippen molar-refractivity contribution in [3.05, 3.63) is 59.3 Å². The molecule has 0 saturated carbocycles. The molecule has 0 spiro atoms. The Kier molecular flexibility index (Phi) is 10.5. The summed E-state index contributed by atoms with van der Waals surface area (Å²) in [7, 11) is 0. The number of amides is 1. The van der Waals surface area contributed by atoms with Crippen molar-refractivity contribution in [1.29, 1.82) is 0 Å². The number of carbonyl (C=O) groups excluding carboxylic acids is 1. The maximum atomic E-state index is 12.7. The molecule has 2 aliphatic rings. The minimum absolute atomic E-state index is 0.140. The van der Waals surface area contributed by atoms with Crippen LogP contribution in [0.15, 0.2) is 53.2 Å². The van der Waals surface area contributed by atoms with Gasteiger partial charge in [0.05, 0.1) is 11.4 Å². The van der Waals surface area contributed by atoms with Gasteiger partial charge >= 0.3 is 0 Å². The molecule has 3 rings (SSSR count). The third-order valence-corrected chi connectivity index (χ3v) is 7.07. The molecule has 2 aliphatic heterocycles. The quantitative estimate of drug-likeness (QED) is 0.393. The maximum absolute atomic E-state index is 12.7. The van der Waals surface area contributed by atoms with Crippen LogP contribution in [0.3, 0.4) is 0 Å². The molecule has 5 nitrogen and oxygen atoms in total. The van der Waals surface area contributed by atoms with E-state index >= 15 is 0 Å². The van der Waals surface area contributed by atoms with Gasteiger partial charge in [-0.3, -0.25) is 14.7 Å². The molecule has 2 heterocycles. The number of nitrogens with one attached hydrogen (secondary N) is 1. The highest BCUT2D eigenvalue weighted by Gasteiger charge is 2.25. The van der Waals surface area contributed by atoms with Crippen LogP contribution in [0.1, 0.15) is 63.5 Å². The van der Waals surface area contributed by atoms with E-state index in [1.807, 2.05) is 6.08 Å². The molecule has 2 fully saturated rings. The van der Waals surface area contributed by atoms with Crippen LogP contribution in [0.2, 0.25) is 0 Å². The van der Waals surface area contributed by atoms with Crippen molar-refractivity contribution in [3.8, 4) is 0 Å². The lowest BCUT2D eigenvalue weighted by atomic mass is 9.95. The highest BCUT2D eigenvalue weighted by Crippen LogP contribution is 2.20. The Morgan fingerprint density at radius 2 is 1.85 bits per heavy atom. The zero-order valence-corrected chi connectivity index (χ0v) is 21.6. The molecule has 1 N–H and O–H groups in total. The molecule has 0 atom stereocenters. The average molecular weight is 465 g/mol. The Labute approximate surface area is 207 Å². The Bertz CT molecular complexity index is 870. The lowest BCUT2D eigenvalue weighted by molar-refractivity contribution is -0.126. The van der Waals surface area contributed by atoms with Gasteiger partial charge in [-0.1, -0.05) is 42.3 Å². The summed E-state index contributed by atoms with van der Waals surface area (Å²) >= 11 is 0. The molecular formula is C29H44N4O. The van der Waals surface area contributed by atoms with Crippen LogP contribution in [-0.2, 0) is 4.79 Å². The zero-order chi connectivity index (χ0) is 24.3. The summed E-state index contributed by atoms with van der Waals surface area (Å²) in [6, 6.07) is 8.41. The first-order valence-corrected chi connectivity index (χ1v) is 13.1. The largest absolute Gasteiger partial charge is 0.356 e. The number of aryl methyl sites for hydroxylation is 1. The highest BCUT2D eigenvalue weighted by atomic mass is 16.1. The van der Waals surface area contributed by atoms with Crippen molar-refractivity contribution in [1.82, 2.24) is 15.1 Å². The molecule has 0 unspecified atom stereocenters. The van der Waals surface area contributed by atoms with E-state index < -0.39 is 0 Å². The molecule has 1 aromatic rings. The number of aliphatic imine (C=N–C) groups is 1. The number of piperidine rings is 2. The summed E-state index contributed by atoms with van der Waals surface area (Å²) in [5, 5.41) is 3.20. The fourth-order valence-corrected chi connectivity index (χ4v) is 4.89. The predicted octanol–water partition coefficient (Wildman–Crippen LogP) is 4.97. The Morgan fingerprint density at radius 1 is 1.12 bits per heavy atom. The van der Waals surface area contributed by atoms with Gasteiger partial charge in [0.1, 0.15) is 0 Å². The smallest absolute Gasteiger partial charge is 0.223 e. The van der Waals surface area contributed by atoms with Gasteiger partial charge in [0.25, 0.3) is 0 Å². The number of hydrogen-bond acceptors (Lipinski definition) is 4. The molecule has 2 saturated heterocycles. The summed E-state index contributed by atoms with van der Waals surface area (Å²) in [4.78, 5) is 22.6. The number of likely N-dealkylation sites (tertiary alicyclic amines) is 2. The molecule has 186 valence electrons. The summed E-state index contributed by atoms with van der Waals surface area (Å²) in [6.07, 6.45) is 8.76. The molecule has 0 bridgehead atoms. The molecule has 0 radical (unpaired) electrons. The molecule has 0 aromatic heterocycles. The first-order valence-electron chi connectivity index (χ1n) is 13.1. The van der Waals surface area contributed by atoms with Crippen molar-refractivity contribution in [2.24, 2.45) is 10.9 Å². The van der Waals surface area contributed by atoms with Gasteiger partial charge < -0.3 is 10.2 Å². The van der Waals surface area contributed by atoms with Crippen LogP contribution < -0.4 is 5.32 Å². The van der Waals surface area contributed by atoms with E-state index in [4.69, 9.17) is 4.99 Å².